The molecule has 0 bridgehead atoms. The van der Waals surface area contributed by atoms with Crippen molar-refractivity contribution in [2.24, 2.45) is 0 Å². The molecule has 3 rings (SSSR count). The minimum Gasteiger partial charge on any atom is -0.493 e. The maximum absolute atomic E-state index is 12.3. The minimum atomic E-state index is -0.449. The Morgan fingerprint density at radius 1 is 1.12 bits per heavy atom. The molecule has 2 N–H and O–H groups in total. The van der Waals surface area contributed by atoms with Crippen molar-refractivity contribution in [1.82, 2.24) is 9.47 Å². The van der Waals surface area contributed by atoms with Gasteiger partial charge >= 0.3 is 5.97 Å². The van der Waals surface area contributed by atoms with E-state index < -0.39 is 5.97 Å². The molecule has 8 heteroatoms. The van der Waals surface area contributed by atoms with Gasteiger partial charge in [0.25, 0.3) is 0 Å². The third-order valence-corrected chi connectivity index (χ3v) is 4.90. The van der Waals surface area contributed by atoms with Crippen molar-refractivity contribution >= 4 is 22.6 Å². The number of carbonyl (C=O) groups excluding carboxylic acids is 1. The fourth-order valence-electron chi connectivity index (χ4n) is 3.39. The number of nitrogens with two attached hydrogens (primary N) is 1. The van der Waals surface area contributed by atoms with Gasteiger partial charge in [-0.1, -0.05) is 0 Å². The second-order valence-corrected chi connectivity index (χ2v) is 7.59. The normalized spacial score (nSPS) is 11.2. The number of anilines is 1. The van der Waals surface area contributed by atoms with Gasteiger partial charge in [0.2, 0.25) is 0 Å². The van der Waals surface area contributed by atoms with Gasteiger partial charge in [0.1, 0.15) is 17.1 Å². The second kappa shape index (κ2) is 10.9. The van der Waals surface area contributed by atoms with Gasteiger partial charge in [0, 0.05) is 43.1 Å². The quantitative estimate of drug-likeness (QED) is 0.276. The van der Waals surface area contributed by atoms with E-state index in [0.717, 1.165) is 35.3 Å². The van der Waals surface area contributed by atoms with Crippen LogP contribution in [0.25, 0.3) is 16.6 Å². The Hall–Kier alpha value is -3.23. The van der Waals surface area contributed by atoms with E-state index in [9.17, 15) is 4.79 Å². The Labute approximate surface area is 188 Å². The first-order valence-corrected chi connectivity index (χ1v) is 10.6. The van der Waals surface area contributed by atoms with Crippen LogP contribution in [0, 0.1) is 0 Å². The molecule has 32 heavy (non-hydrogen) atoms. The number of aromatic nitrogens is 1. The van der Waals surface area contributed by atoms with Gasteiger partial charge in [-0.3, -0.25) is 0 Å². The van der Waals surface area contributed by atoms with Crippen LogP contribution in [-0.4, -0.2) is 63.2 Å². The van der Waals surface area contributed by atoms with Crippen LogP contribution in [0.3, 0.4) is 0 Å². The highest BCUT2D eigenvalue weighted by Crippen LogP contribution is 2.32. The number of hydrogen-bond donors (Lipinski definition) is 1. The fraction of sp³-hybridized carbons (Fsp3) is 0.375. The molecule has 1 aromatic heterocycles. The summed E-state index contributed by atoms with van der Waals surface area (Å²) in [5.74, 6) is 0.698. The summed E-state index contributed by atoms with van der Waals surface area (Å²) < 4.78 is 23.7. The summed E-state index contributed by atoms with van der Waals surface area (Å²) in [5, 5.41) is 0.916. The molecule has 0 amide bonds. The number of methoxy groups -OCH3 is 1. The molecule has 2 aromatic carbocycles. The SMILES string of the molecule is CCOC(=O)c1ccc(-n2cc(N)c3ccc(OCCCN(C)C)cc32)cc1OCOC. The smallest absolute Gasteiger partial charge is 0.341 e. The Kier molecular flexibility index (Phi) is 7.97. The molecule has 0 saturated heterocycles. The Morgan fingerprint density at radius 3 is 2.66 bits per heavy atom. The standard InChI is InChI=1S/C24H31N3O5/c1-5-30-24(28)20-9-7-17(13-23(20)32-16-29-4)27-15-21(25)19-10-8-18(14-22(19)27)31-12-6-11-26(2)3/h7-10,13-15H,5-6,11-12,16,25H2,1-4H3. The maximum atomic E-state index is 12.3. The van der Waals surface area contributed by atoms with Crippen molar-refractivity contribution in [3.05, 3.63) is 48.2 Å². The molecule has 0 unspecified atom stereocenters. The molecule has 0 radical (unpaired) electrons. The van der Waals surface area contributed by atoms with Gasteiger partial charge in [-0.2, -0.15) is 0 Å². The van der Waals surface area contributed by atoms with Crippen molar-refractivity contribution in [2.75, 3.05) is 53.5 Å². The van der Waals surface area contributed by atoms with E-state index in [-0.39, 0.29) is 13.4 Å². The number of esters is 1. The summed E-state index contributed by atoms with van der Waals surface area (Å²) >= 11 is 0. The van der Waals surface area contributed by atoms with E-state index >= 15 is 0 Å². The van der Waals surface area contributed by atoms with Crippen LogP contribution in [0.4, 0.5) is 5.69 Å². The second-order valence-electron chi connectivity index (χ2n) is 7.59. The van der Waals surface area contributed by atoms with Crippen LogP contribution in [-0.2, 0) is 9.47 Å². The number of ether oxygens (including phenoxy) is 4. The monoisotopic (exact) mass is 441 g/mol. The summed E-state index contributed by atoms with van der Waals surface area (Å²) in [6, 6.07) is 11.1. The Morgan fingerprint density at radius 2 is 1.94 bits per heavy atom. The predicted molar refractivity (Wildman–Crippen MR) is 125 cm³/mol. The molecule has 172 valence electrons. The van der Waals surface area contributed by atoms with Crippen LogP contribution in [0.2, 0.25) is 0 Å². The number of hydrogen-bond acceptors (Lipinski definition) is 7. The molecule has 0 atom stereocenters. The van der Waals surface area contributed by atoms with E-state index in [4.69, 9.17) is 24.7 Å². The van der Waals surface area contributed by atoms with Gasteiger partial charge in [-0.25, -0.2) is 4.79 Å². The summed E-state index contributed by atoms with van der Waals surface area (Å²) in [5.41, 5.74) is 8.93. The lowest BCUT2D eigenvalue weighted by Crippen LogP contribution is -2.15. The topological polar surface area (TPSA) is 88.2 Å². The van der Waals surface area contributed by atoms with E-state index in [0.29, 0.717) is 23.6 Å². The van der Waals surface area contributed by atoms with Crippen molar-refractivity contribution < 1.29 is 23.7 Å². The summed E-state index contributed by atoms with van der Waals surface area (Å²) in [4.78, 5) is 14.4. The van der Waals surface area contributed by atoms with Crippen LogP contribution in [0.1, 0.15) is 23.7 Å². The molecule has 3 aromatic rings. The first kappa shape index (κ1) is 23.4. The molecule has 0 aliphatic heterocycles. The molecule has 0 aliphatic rings. The number of rotatable bonds is 11. The molecule has 8 nitrogen and oxygen atoms in total. The van der Waals surface area contributed by atoms with Crippen LogP contribution >= 0.6 is 0 Å². The number of carbonyl (C=O) groups is 1. The molecule has 0 spiro atoms. The molecule has 0 saturated carbocycles. The van der Waals surface area contributed by atoms with Gasteiger partial charge in [-0.15, -0.1) is 0 Å². The molecule has 0 fully saturated rings. The zero-order chi connectivity index (χ0) is 23.1. The number of nitrogen functional groups attached to an aromatic ring is 1. The van der Waals surface area contributed by atoms with Gasteiger partial charge in [-0.05, 0) is 51.7 Å². The number of nitrogens with zero attached hydrogens (tertiary/aromatic N) is 2. The highest BCUT2D eigenvalue weighted by Gasteiger charge is 2.17. The van der Waals surface area contributed by atoms with Crippen molar-refractivity contribution in [3.63, 3.8) is 0 Å². The number of benzene rings is 2. The predicted octanol–water partition coefficient (Wildman–Crippen LogP) is 3.70. The van der Waals surface area contributed by atoms with Crippen LogP contribution in [0.5, 0.6) is 11.5 Å². The highest BCUT2D eigenvalue weighted by atomic mass is 16.7. The largest absolute Gasteiger partial charge is 0.493 e. The zero-order valence-corrected chi connectivity index (χ0v) is 19.1. The molecule has 0 aliphatic carbocycles. The third-order valence-electron chi connectivity index (χ3n) is 4.90. The maximum Gasteiger partial charge on any atom is 0.341 e. The first-order chi connectivity index (χ1) is 15.4. The van der Waals surface area contributed by atoms with Gasteiger partial charge in [0.05, 0.1) is 24.4 Å². The highest BCUT2D eigenvalue weighted by molar-refractivity contribution is 5.95. The summed E-state index contributed by atoms with van der Waals surface area (Å²) in [6.45, 7) is 3.64. The van der Waals surface area contributed by atoms with Crippen molar-refractivity contribution in [2.45, 2.75) is 13.3 Å². The van der Waals surface area contributed by atoms with Crippen molar-refractivity contribution in [3.8, 4) is 17.2 Å². The third kappa shape index (κ3) is 5.52. The average molecular weight is 442 g/mol. The lowest BCUT2D eigenvalue weighted by Gasteiger charge is -2.14. The fourth-order valence-corrected chi connectivity index (χ4v) is 3.39. The summed E-state index contributed by atoms with van der Waals surface area (Å²) in [6.07, 6.45) is 2.78. The van der Waals surface area contributed by atoms with Gasteiger partial charge in [0.15, 0.2) is 6.79 Å². The minimum absolute atomic E-state index is 0.00929. The lowest BCUT2D eigenvalue weighted by molar-refractivity contribution is 0.0438. The van der Waals surface area contributed by atoms with E-state index in [2.05, 4.69) is 4.90 Å². The van der Waals surface area contributed by atoms with E-state index in [1.54, 1.807) is 19.1 Å². The first-order valence-electron chi connectivity index (χ1n) is 10.6. The average Bonchev–Trinajstić information content (AvgIpc) is 3.11. The molecule has 1 heterocycles. The van der Waals surface area contributed by atoms with E-state index in [1.807, 2.05) is 49.1 Å². The lowest BCUT2D eigenvalue weighted by atomic mass is 10.1. The van der Waals surface area contributed by atoms with Crippen molar-refractivity contribution in [1.29, 1.82) is 0 Å². The van der Waals surface area contributed by atoms with Gasteiger partial charge < -0.3 is 34.1 Å². The zero-order valence-electron chi connectivity index (χ0n) is 19.1. The molecular weight excluding hydrogens is 410 g/mol. The Balaban J connectivity index is 1.94. The van der Waals surface area contributed by atoms with Crippen LogP contribution < -0.4 is 15.2 Å². The Bertz CT molecular complexity index is 1060. The molecular formula is C24H31N3O5. The summed E-state index contributed by atoms with van der Waals surface area (Å²) in [7, 11) is 5.60. The number of fused-ring (bicyclic) bond motifs is 1. The van der Waals surface area contributed by atoms with Crippen LogP contribution in [0.15, 0.2) is 42.6 Å². The van der Waals surface area contributed by atoms with E-state index in [1.165, 1.54) is 7.11 Å².